The van der Waals surface area contributed by atoms with Crippen molar-refractivity contribution in [3.63, 3.8) is 0 Å². The molecular weight excluding hydrogens is 816 g/mol. The van der Waals surface area contributed by atoms with Crippen molar-refractivity contribution in [1.29, 1.82) is 0 Å². The van der Waals surface area contributed by atoms with Crippen LogP contribution in [0.15, 0.2) is 12.2 Å². The zero-order valence-corrected chi connectivity index (χ0v) is 41.2. The SMILES string of the molecule is C=C(C)[C@@H]1CC[C@]2(NC[C@H]([C@@H](C)OCP(=O)(OC)OC)N3CCS(=O)(=O)CC3)CC[C@]3(C)[C@H](CC[C@@H]4[C@@]5(C)CC[C@H](OC(=O)CC(C)(C)CC(=O)O)C(C)(C)[C@@H]5CC[C@]43C)[C@@H]12. The zero-order valence-electron chi connectivity index (χ0n) is 39.5. The molecule has 0 unspecified atom stereocenters. The molecule has 350 valence electrons. The molecule has 61 heavy (non-hydrogen) atoms. The Kier molecular flexibility index (Phi) is 14.1. The fourth-order valence-corrected chi connectivity index (χ4v) is 17.2. The van der Waals surface area contributed by atoms with E-state index in [0.29, 0.717) is 49.2 Å². The number of allylic oxidation sites excluding steroid dienone is 1. The van der Waals surface area contributed by atoms with Gasteiger partial charge in [0.1, 0.15) is 12.5 Å². The van der Waals surface area contributed by atoms with Gasteiger partial charge in [0.25, 0.3) is 0 Å². The molecule has 1 aliphatic heterocycles. The third-order valence-corrected chi connectivity index (χ3v) is 21.8. The van der Waals surface area contributed by atoms with Crippen LogP contribution in [0.2, 0.25) is 0 Å². The molecule has 2 N–H and O–H groups in total. The molecule has 1 saturated heterocycles. The van der Waals surface area contributed by atoms with Gasteiger partial charge in [-0.3, -0.25) is 19.1 Å². The van der Waals surface area contributed by atoms with E-state index in [2.05, 4.69) is 58.3 Å². The summed E-state index contributed by atoms with van der Waals surface area (Å²) < 4.78 is 61.0. The van der Waals surface area contributed by atoms with Crippen molar-refractivity contribution in [1.82, 2.24) is 10.2 Å². The Labute approximate surface area is 368 Å². The monoisotopic (exact) mass is 897 g/mol. The maximum absolute atomic E-state index is 13.3. The lowest BCUT2D eigenvalue weighted by Gasteiger charge is -2.73. The van der Waals surface area contributed by atoms with Crippen LogP contribution in [0.3, 0.4) is 0 Å². The second kappa shape index (κ2) is 17.5. The van der Waals surface area contributed by atoms with Crippen LogP contribution < -0.4 is 5.32 Å². The largest absolute Gasteiger partial charge is 0.481 e. The number of hydrogen-bond donors (Lipinski definition) is 2. The predicted molar refractivity (Wildman–Crippen MR) is 239 cm³/mol. The molecule has 0 aromatic rings. The summed E-state index contributed by atoms with van der Waals surface area (Å²) >= 11 is 0. The Balaban J connectivity index is 1.23. The van der Waals surface area contributed by atoms with Gasteiger partial charge in [0, 0.05) is 50.8 Å². The van der Waals surface area contributed by atoms with Crippen LogP contribution in [0.5, 0.6) is 0 Å². The summed E-state index contributed by atoms with van der Waals surface area (Å²) in [5.74, 6) is 1.35. The van der Waals surface area contributed by atoms with Crippen LogP contribution in [0.25, 0.3) is 0 Å². The first-order valence-corrected chi connectivity index (χ1v) is 26.9. The van der Waals surface area contributed by atoms with Gasteiger partial charge in [-0.05, 0) is 129 Å². The van der Waals surface area contributed by atoms with Gasteiger partial charge < -0.3 is 28.9 Å². The first-order chi connectivity index (χ1) is 28.2. The predicted octanol–water partition coefficient (Wildman–Crippen LogP) is 8.74. The second-order valence-electron chi connectivity index (χ2n) is 22.7. The lowest BCUT2D eigenvalue weighted by atomic mass is 9.32. The molecule has 6 rings (SSSR count). The van der Waals surface area contributed by atoms with Crippen LogP contribution in [0.4, 0.5) is 0 Å². The maximum Gasteiger partial charge on any atom is 0.355 e. The molecule has 6 aliphatic rings. The molecule has 0 radical (unpaired) electrons. The number of nitrogens with zero attached hydrogens (tertiary/aromatic N) is 1. The maximum atomic E-state index is 13.3. The van der Waals surface area contributed by atoms with Gasteiger partial charge in [-0.15, -0.1) is 0 Å². The smallest absolute Gasteiger partial charge is 0.355 e. The highest BCUT2D eigenvalue weighted by molar-refractivity contribution is 7.91. The molecule has 12 nitrogen and oxygen atoms in total. The van der Waals surface area contributed by atoms with E-state index >= 15 is 0 Å². The minimum atomic E-state index is -3.41. The topological polar surface area (TPSA) is 158 Å². The van der Waals surface area contributed by atoms with E-state index in [1.807, 2.05) is 20.8 Å². The first-order valence-electron chi connectivity index (χ1n) is 23.3. The molecule has 5 aliphatic carbocycles. The van der Waals surface area contributed by atoms with E-state index in [-0.39, 0.29) is 82.1 Å². The van der Waals surface area contributed by atoms with Crippen molar-refractivity contribution in [2.75, 3.05) is 51.7 Å². The van der Waals surface area contributed by atoms with Gasteiger partial charge in [0.15, 0.2) is 9.84 Å². The highest BCUT2D eigenvalue weighted by Crippen LogP contribution is 2.76. The molecule has 0 bridgehead atoms. The molecule has 12 atom stereocenters. The van der Waals surface area contributed by atoms with Crippen LogP contribution in [-0.4, -0.2) is 106 Å². The number of carboxylic acids is 1. The fraction of sp³-hybridized carbons (Fsp3) is 0.915. The zero-order chi connectivity index (χ0) is 45.2. The van der Waals surface area contributed by atoms with Gasteiger partial charge in [0.05, 0.1) is 30.5 Å². The molecule has 0 spiro atoms. The van der Waals surface area contributed by atoms with Crippen molar-refractivity contribution in [3.05, 3.63) is 12.2 Å². The molecule has 0 aromatic carbocycles. The minimum Gasteiger partial charge on any atom is -0.481 e. The molecule has 14 heteroatoms. The van der Waals surface area contributed by atoms with Gasteiger partial charge >= 0.3 is 19.5 Å². The third-order valence-electron chi connectivity index (χ3n) is 18.6. The average molecular weight is 897 g/mol. The standard InChI is InChI=1S/C47H81N2O10PS/c1-31(2)33-15-20-47(48-29-35(49-23-25-61(54,55)26-24-49)32(3)58-30-60(53,56-11)57-12)22-21-45(9)34(41(33)47)13-14-37-44(8)18-17-38(43(6,7)36(44)16-19-46(37,45)10)59-40(52)28-42(4,5)27-39(50)51/h32-38,41,48H,1,13-30H2,2-12H3,(H,50,51)/t32-,33+,34-,35-,36+,37-,38+,41-,44+,45-,46-,47+/m1/s1. The van der Waals surface area contributed by atoms with Crippen molar-refractivity contribution in [2.45, 2.75) is 163 Å². The van der Waals surface area contributed by atoms with Crippen LogP contribution in [-0.2, 0) is 42.5 Å². The molecular formula is C47H81N2O10PS. The fourth-order valence-electron chi connectivity index (χ4n) is 15.2. The number of esters is 1. The average Bonchev–Trinajstić information content (AvgIpc) is 3.55. The van der Waals surface area contributed by atoms with E-state index in [9.17, 15) is 27.7 Å². The van der Waals surface area contributed by atoms with E-state index in [4.69, 9.17) is 18.5 Å². The van der Waals surface area contributed by atoms with Crippen molar-refractivity contribution in [3.8, 4) is 0 Å². The molecule has 5 saturated carbocycles. The summed E-state index contributed by atoms with van der Waals surface area (Å²) in [5.41, 5.74) is 0.673. The molecule has 1 heterocycles. The highest BCUT2D eigenvalue weighted by atomic mass is 32.2. The normalized spacial score (nSPS) is 39.5. The Bertz CT molecular complexity index is 1800. The lowest BCUT2D eigenvalue weighted by Crippen LogP contribution is -2.69. The summed E-state index contributed by atoms with van der Waals surface area (Å²) in [6.45, 7) is 26.5. The van der Waals surface area contributed by atoms with Crippen molar-refractivity contribution >= 4 is 29.4 Å². The van der Waals surface area contributed by atoms with Gasteiger partial charge in [-0.1, -0.05) is 60.6 Å². The molecule has 0 amide bonds. The minimum absolute atomic E-state index is 0.0703. The van der Waals surface area contributed by atoms with E-state index in [1.54, 1.807) is 0 Å². The Hall–Kier alpha value is -1.34. The van der Waals surface area contributed by atoms with Crippen LogP contribution in [0.1, 0.15) is 139 Å². The van der Waals surface area contributed by atoms with Crippen LogP contribution >= 0.6 is 7.60 Å². The number of rotatable bonds is 16. The Morgan fingerprint density at radius 2 is 1.56 bits per heavy atom. The van der Waals surface area contributed by atoms with Crippen LogP contribution in [0, 0.1) is 56.7 Å². The number of fused-ring (bicyclic) bond motifs is 7. The number of nitrogens with one attached hydrogen (secondary N) is 1. The number of carbonyl (C=O) groups is 2. The highest BCUT2D eigenvalue weighted by Gasteiger charge is 2.71. The molecule has 6 fully saturated rings. The number of ether oxygens (including phenoxy) is 2. The summed E-state index contributed by atoms with van der Waals surface area (Å²) in [6.07, 6.45) is 10.1. The van der Waals surface area contributed by atoms with Gasteiger partial charge in [0.2, 0.25) is 0 Å². The number of hydrogen-bond acceptors (Lipinski definition) is 11. The summed E-state index contributed by atoms with van der Waals surface area (Å²) in [6, 6.07) is -0.137. The van der Waals surface area contributed by atoms with E-state index in [0.717, 1.165) is 51.4 Å². The van der Waals surface area contributed by atoms with Crippen molar-refractivity contribution in [2.24, 2.45) is 56.7 Å². The van der Waals surface area contributed by atoms with Gasteiger partial charge in [-0.2, -0.15) is 0 Å². The Morgan fingerprint density at radius 1 is 0.902 bits per heavy atom. The first kappa shape index (κ1) is 49.1. The lowest BCUT2D eigenvalue weighted by molar-refractivity contribution is -0.246. The number of sulfone groups is 1. The quantitative estimate of drug-likeness (QED) is 0.0864. The number of carboxylic acid groups (broad SMARTS) is 1. The van der Waals surface area contributed by atoms with E-state index < -0.39 is 28.8 Å². The van der Waals surface area contributed by atoms with Gasteiger partial charge in [-0.25, -0.2) is 8.42 Å². The van der Waals surface area contributed by atoms with Crippen molar-refractivity contribution < 1.29 is 46.2 Å². The summed E-state index contributed by atoms with van der Waals surface area (Å²) in [4.78, 5) is 27.0. The Morgan fingerprint density at radius 3 is 2.16 bits per heavy atom. The number of carbonyl (C=O) groups excluding carboxylic acids is 1. The number of aliphatic carboxylic acids is 1. The summed E-state index contributed by atoms with van der Waals surface area (Å²) in [5, 5.41) is 13.6. The molecule has 0 aromatic heterocycles. The summed E-state index contributed by atoms with van der Waals surface area (Å²) in [7, 11) is -3.77. The van der Waals surface area contributed by atoms with E-state index in [1.165, 1.54) is 32.6 Å². The second-order valence-corrected chi connectivity index (χ2v) is 27.2. The third kappa shape index (κ3) is 9.12.